The molecule has 0 spiro atoms. The maximum absolute atomic E-state index is 13.4. The summed E-state index contributed by atoms with van der Waals surface area (Å²) in [5, 5.41) is 2.73. The number of amides is 2. The van der Waals surface area contributed by atoms with E-state index in [4.69, 9.17) is 4.74 Å². The summed E-state index contributed by atoms with van der Waals surface area (Å²) in [6.07, 6.45) is 0.0320. The fourth-order valence-electron chi connectivity index (χ4n) is 3.70. The molecule has 0 saturated carbocycles. The topological polar surface area (TPSA) is 71.0 Å². The molecule has 0 aliphatic carbocycles. The number of ether oxygens (including phenoxy) is 1. The first kappa shape index (κ1) is 24.5. The number of thioether (sulfide) groups is 1. The molecular weight excluding hydrogens is 465 g/mol. The van der Waals surface area contributed by atoms with Crippen LogP contribution >= 0.6 is 11.8 Å². The molecule has 8 heteroatoms. The third-order valence-electron chi connectivity index (χ3n) is 5.62. The molecule has 1 fully saturated rings. The number of benzene rings is 3. The lowest BCUT2D eigenvalue weighted by Crippen LogP contribution is -2.44. The van der Waals surface area contributed by atoms with Gasteiger partial charge in [0.2, 0.25) is 11.8 Å². The molecule has 1 aliphatic rings. The first-order valence-corrected chi connectivity index (χ1v) is 12.0. The Balaban J connectivity index is 1.60. The Morgan fingerprint density at radius 2 is 1.83 bits per heavy atom. The second kappa shape index (κ2) is 10.7. The number of methoxy groups -OCH3 is 1. The highest BCUT2D eigenvalue weighted by Crippen LogP contribution is 2.32. The number of amidine groups is 1. The van der Waals surface area contributed by atoms with Gasteiger partial charge in [0.1, 0.15) is 16.8 Å². The smallest absolute Gasteiger partial charge is 0.238 e. The summed E-state index contributed by atoms with van der Waals surface area (Å²) in [6, 6.07) is 18.9. The van der Waals surface area contributed by atoms with Crippen LogP contribution in [0.5, 0.6) is 5.75 Å². The molecule has 2 amide bonds. The van der Waals surface area contributed by atoms with Gasteiger partial charge in [0.25, 0.3) is 0 Å². The fourth-order valence-corrected chi connectivity index (χ4v) is 4.80. The fraction of sp³-hybridized carbons (Fsp3) is 0.222. The molecule has 6 nitrogen and oxygen atoms in total. The Morgan fingerprint density at radius 3 is 2.49 bits per heavy atom. The lowest BCUT2D eigenvalue weighted by Gasteiger charge is -2.32. The molecule has 1 N–H and O–H groups in total. The minimum Gasteiger partial charge on any atom is -0.497 e. The van der Waals surface area contributed by atoms with Gasteiger partial charge in [0.15, 0.2) is 5.17 Å². The van der Waals surface area contributed by atoms with Crippen molar-refractivity contribution >= 4 is 40.1 Å². The molecule has 0 unspecified atom stereocenters. The second-order valence-electron chi connectivity index (χ2n) is 8.32. The van der Waals surface area contributed by atoms with Crippen LogP contribution in [-0.2, 0) is 16.1 Å². The Labute approximate surface area is 208 Å². The maximum atomic E-state index is 13.4. The first-order chi connectivity index (χ1) is 16.8. The third kappa shape index (κ3) is 6.08. The SMILES string of the molecule is COc1ccc(N=C2S[C@H](C(=O)Nc3ccc(C)cc3C)CC(=O)N2Cc2ccc(F)cc2)cc1. The van der Waals surface area contributed by atoms with Gasteiger partial charge in [0, 0.05) is 12.1 Å². The zero-order valence-electron chi connectivity index (χ0n) is 19.7. The maximum Gasteiger partial charge on any atom is 0.238 e. The summed E-state index contributed by atoms with van der Waals surface area (Å²) in [4.78, 5) is 32.5. The van der Waals surface area contributed by atoms with Crippen LogP contribution in [0.1, 0.15) is 23.1 Å². The molecule has 0 radical (unpaired) electrons. The Morgan fingerprint density at radius 1 is 1.11 bits per heavy atom. The molecule has 4 rings (SSSR count). The number of aryl methyl sites for hydroxylation is 2. The van der Waals surface area contributed by atoms with Crippen molar-refractivity contribution in [2.75, 3.05) is 12.4 Å². The lowest BCUT2D eigenvalue weighted by atomic mass is 10.1. The lowest BCUT2D eigenvalue weighted by molar-refractivity contribution is -0.129. The van der Waals surface area contributed by atoms with E-state index in [1.807, 2.05) is 32.0 Å². The average molecular weight is 492 g/mol. The van der Waals surface area contributed by atoms with Gasteiger partial charge in [0.05, 0.1) is 19.3 Å². The minimum atomic E-state index is -0.635. The monoisotopic (exact) mass is 491 g/mol. The van der Waals surface area contributed by atoms with Gasteiger partial charge in [-0.05, 0) is 67.4 Å². The highest BCUT2D eigenvalue weighted by molar-refractivity contribution is 8.15. The van der Waals surface area contributed by atoms with Gasteiger partial charge >= 0.3 is 0 Å². The molecule has 1 aliphatic heterocycles. The van der Waals surface area contributed by atoms with Crippen molar-refractivity contribution in [1.82, 2.24) is 4.90 Å². The zero-order valence-corrected chi connectivity index (χ0v) is 20.6. The molecule has 3 aromatic rings. The summed E-state index contributed by atoms with van der Waals surface area (Å²) in [6.45, 7) is 4.15. The van der Waals surface area contributed by atoms with Gasteiger partial charge in [-0.25, -0.2) is 9.38 Å². The number of carbonyl (C=O) groups excluding carboxylic acids is 2. The largest absolute Gasteiger partial charge is 0.497 e. The quantitative estimate of drug-likeness (QED) is 0.486. The predicted octanol–water partition coefficient (Wildman–Crippen LogP) is 5.61. The van der Waals surface area contributed by atoms with Crippen LogP contribution in [0, 0.1) is 19.7 Å². The summed E-state index contributed by atoms with van der Waals surface area (Å²) in [7, 11) is 1.58. The van der Waals surface area contributed by atoms with E-state index in [0.717, 1.165) is 22.4 Å². The Hall–Kier alpha value is -3.65. The number of rotatable bonds is 6. The van der Waals surface area contributed by atoms with Gasteiger partial charge in [-0.1, -0.05) is 41.6 Å². The van der Waals surface area contributed by atoms with Crippen LogP contribution in [0.25, 0.3) is 0 Å². The number of hydrogen-bond acceptors (Lipinski definition) is 5. The summed E-state index contributed by atoms with van der Waals surface area (Å²) in [5.41, 5.74) is 4.17. The highest BCUT2D eigenvalue weighted by atomic mass is 32.2. The number of nitrogens with one attached hydrogen (secondary N) is 1. The van der Waals surface area contributed by atoms with Crippen molar-refractivity contribution in [1.29, 1.82) is 0 Å². The van der Waals surface area contributed by atoms with Crippen molar-refractivity contribution in [3.8, 4) is 5.75 Å². The standard InChI is InChI=1S/C27H26FN3O3S/c1-17-4-13-23(18(2)14-17)30-26(33)24-15-25(32)31(16-19-5-7-20(28)8-6-19)27(35-24)29-21-9-11-22(34-3)12-10-21/h4-14,24H,15-16H2,1-3H3,(H,30,33)/t24-/m0/s1. The first-order valence-electron chi connectivity index (χ1n) is 11.1. The van der Waals surface area contributed by atoms with Crippen molar-refractivity contribution in [2.24, 2.45) is 4.99 Å². The number of nitrogens with zero attached hydrogens (tertiary/aromatic N) is 2. The molecular formula is C27H26FN3O3S. The summed E-state index contributed by atoms with van der Waals surface area (Å²) >= 11 is 1.24. The van der Waals surface area contributed by atoms with E-state index in [0.29, 0.717) is 16.6 Å². The second-order valence-corrected chi connectivity index (χ2v) is 9.49. The third-order valence-corrected chi connectivity index (χ3v) is 6.81. The molecule has 1 saturated heterocycles. The molecule has 0 aromatic heterocycles. The molecule has 1 atom stereocenters. The van der Waals surface area contributed by atoms with Crippen LogP contribution in [-0.4, -0.2) is 34.2 Å². The van der Waals surface area contributed by atoms with Crippen LogP contribution in [0.4, 0.5) is 15.8 Å². The predicted molar refractivity (Wildman–Crippen MR) is 138 cm³/mol. The molecule has 180 valence electrons. The van der Waals surface area contributed by atoms with Crippen molar-refractivity contribution < 1.29 is 18.7 Å². The minimum absolute atomic E-state index is 0.0320. The highest BCUT2D eigenvalue weighted by Gasteiger charge is 2.36. The molecule has 1 heterocycles. The Kier molecular flexibility index (Phi) is 7.51. The van der Waals surface area contributed by atoms with E-state index in [1.165, 1.54) is 23.9 Å². The van der Waals surface area contributed by atoms with E-state index in [9.17, 15) is 14.0 Å². The van der Waals surface area contributed by atoms with E-state index in [-0.39, 0.29) is 30.6 Å². The van der Waals surface area contributed by atoms with E-state index in [1.54, 1.807) is 48.4 Å². The van der Waals surface area contributed by atoms with Gasteiger partial charge in [-0.15, -0.1) is 0 Å². The zero-order chi connectivity index (χ0) is 24.9. The normalized spacial score (nSPS) is 16.9. The van der Waals surface area contributed by atoms with Gasteiger partial charge < -0.3 is 10.1 Å². The van der Waals surface area contributed by atoms with E-state index in [2.05, 4.69) is 10.3 Å². The Bertz CT molecular complexity index is 1260. The number of aliphatic imine (C=N–C) groups is 1. The summed E-state index contributed by atoms with van der Waals surface area (Å²) in [5.74, 6) is -0.126. The number of anilines is 1. The van der Waals surface area contributed by atoms with Crippen LogP contribution < -0.4 is 10.1 Å². The molecule has 0 bridgehead atoms. The van der Waals surface area contributed by atoms with Crippen LogP contribution in [0.2, 0.25) is 0 Å². The number of hydrogen-bond donors (Lipinski definition) is 1. The summed E-state index contributed by atoms with van der Waals surface area (Å²) < 4.78 is 18.6. The van der Waals surface area contributed by atoms with Crippen molar-refractivity contribution in [3.05, 3.63) is 89.2 Å². The molecule has 3 aromatic carbocycles. The van der Waals surface area contributed by atoms with Gasteiger partial charge in [-0.2, -0.15) is 0 Å². The van der Waals surface area contributed by atoms with Crippen molar-refractivity contribution in [2.45, 2.75) is 32.1 Å². The van der Waals surface area contributed by atoms with Crippen molar-refractivity contribution in [3.63, 3.8) is 0 Å². The average Bonchev–Trinajstić information content (AvgIpc) is 2.84. The van der Waals surface area contributed by atoms with E-state index >= 15 is 0 Å². The number of halogens is 1. The van der Waals surface area contributed by atoms with E-state index < -0.39 is 5.25 Å². The van der Waals surface area contributed by atoms with Crippen LogP contribution in [0.15, 0.2) is 71.7 Å². The van der Waals surface area contributed by atoms with Crippen LogP contribution in [0.3, 0.4) is 0 Å². The number of carbonyl (C=O) groups is 2. The molecule has 35 heavy (non-hydrogen) atoms. The van der Waals surface area contributed by atoms with Gasteiger partial charge in [-0.3, -0.25) is 14.5 Å².